The topological polar surface area (TPSA) is 94.6 Å². The minimum absolute atomic E-state index is 0.147. The molecule has 1 fully saturated rings. The average molecular weight is 633 g/mol. The number of benzene rings is 2. The highest BCUT2D eigenvalue weighted by atomic mass is 19.1. The number of alkyl halides is 1. The number of nitrogens with zero attached hydrogens (tertiary/aromatic N) is 2. The van der Waals surface area contributed by atoms with Crippen LogP contribution in [0.2, 0.25) is 0 Å². The van der Waals surface area contributed by atoms with Gasteiger partial charge in [-0.05, 0) is 64.8 Å². The fraction of sp³-hybridized carbons (Fsp3) is 0.571. The number of rotatable bonds is 11. The Morgan fingerprint density at radius 1 is 0.978 bits per heavy atom. The number of hydrogen-bond acceptors (Lipinski definition) is 8. The van der Waals surface area contributed by atoms with Crippen LogP contribution in [0.5, 0.6) is 0 Å². The Hall–Kier alpha value is -3.66. The first kappa shape index (κ1) is 39.4. The SMILES string of the molecule is CC.CC(CC(C)(C)F)N(C)C(=O)OC(C)(C)C.O=COC(Cc1ccc(N2CCOCC2)cc1)C(=O)OCc1ccccc1. The molecule has 2 aromatic carbocycles. The summed E-state index contributed by atoms with van der Waals surface area (Å²) < 4.78 is 34.2. The first-order valence-electron chi connectivity index (χ1n) is 15.5. The largest absolute Gasteiger partial charge is 0.458 e. The van der Waals surface area contributed by atoms with Gasteiger partial charge in [-0.1, -0.05) is 56.3 Å². The minimum atomic E-state index is -1.28. The van der Waals surface area contributed by atoms with Gasteiger partial charge in [0, 0.05) is 44.7 Å². The molecule has 1 aliphatic rings. The summed E-state index contributed by atoms with van der Waals surface area (Å²) in [6.45, 7) is 17.9. The number of carbonyl (C=O) groups is 3. The van der Waals surface area contributed by atoms with E-state index in [4.69, 9.17) is 18.9 Å². The molecule has 1 saturated heterocycles. The van der Waals surface area contributed by atoms with Crippen molar-refractivity contribution in [2.24, 2.45) is 0 Å². The molecule has 0 radical (unpaired) electrons. The molecule has 10 heteroatoms. The maximum atomic E-state index is 13.4. The number of carbonyl (C=O) groups excluding carboxylic acids is 3. The molecule has 2 unspecified atom stereocenters. The molecule has 0 aliphatic carbocycles. The molecule has 45 heavy (non-hydrogen) atoms. The molecule has 0 spiro atoms. The van der Waals surface area contributed by atoms with Crippen molar-refractivity contribution in [3.05, 3.63) is 65.7 Å². The van der Waals surface area contributed by atoms with Crippen molar-refractivity contribution >= 4 is 24.2 Å². The third-order valence-electron chi connectivity index (χ3n) is 6.56. The van der Waals surface area contributed by atoms with Gasteiger partial charge in [0.1, 0.15) is 17.9 Å². The van der Waals surface area contributed by atoms with Crippen LogP contribution in [-0.2, 0) is 41.6 Å². The lowest BCUT2D eigenvalue weighted by molar-refractivity contribution is -0.162. The van der Waals surface area contributed by atoms with E-state index in [0.29, 0.717) is 6.42 Å². The molecule has 2 atom stereocenters. The maximum absolute atomic E-state index is 13.4. The Morgan fingerprint density at radius 3 is 2.07 bits per heavy atom. The smallest absolute Gasteiger partial charge is 0.410 e. The second kappa shape index (κ2) is 19.7. The van der Waals surface area contributed by atoms with Gasteiger partial charge in [0.2, 0.25) is 6.10 Å². The monoisotopic (exact) mass is 632 g/mol. The van der Waals surface area contributed by atoms with E-state index >= 15 is 0 Å². The predicted molar refractivity (Wildman–Crippen MR) is 175 cm³/mol. The van der Waals surface area contributed by atoms with Crippen molar-refractivity contribution in [3.63, 3.8) is 0 Å². The summed E-state index contributed by atoms with van der Waals surface area (Å²) >= 11 is 0. The molecule has 1 amide bonds. The van der Waals surface area contributed by atoms with E-state index in [1.54, 1.807) is 7.05 Å². The Morgan fingerprint density at radius 2 is 1.56 bits per heavy atom. The van der Waals surface area contributed by atoms with Gasteiger partial charge in [-0.15, -0.1) is 0 Å². The summed E-state index contributed by atoms with van der Waals surface area (Å²) in [6.07, 6.45) is -0.803. The molecule has 1 aliphatic heterocycles. The fourth-order valence-corrected chi connectivity index (χ4v) is 4.31. The van der Waals surface area contributed by atoms with Crippen LogP contribution in [0.15, 0.2) is 54.6 Å². The van der Waals surface area contributed by atoms with Crippen molar-refractivity contribution in [1.82, 2.24) is 4.90 Å². The lowest BCUT2D eigenvalue weighted by atomic mass is 10.0. The molecule has 9 nitrogen and oxygen atoms in total. The molecule has 0 saturated carbocycles. The summed E-state index contributed by atoms with van der Waals surface area (Å²) in [5, 5.41) is 0. The maximum Gasteiger partial charge on any atom is 0.410 e. The van der Waals surface area contributed by atoms with Gasteiger partial charge in [-0.3, -0.25) is 4.79 Å². The molecule has 0 bridgehead atoms. The zero-order valence-corrected chi connectivity index (χ0v) is 28.5. The minimum Gasteiger partial charge on any atom is -0.458 e. The lowest BCUT2D eigenvalue weighted by Gasteiger charge is -2.30. The number of halogens is 1. The van der Waals surface area contributed by atoms with E-state index < -0.39 is 29.4 Å². The van der Waals surface area contributed by atoms with Crippen LogP contribution in [0.25, 0.3) is 0 Å². The van der Waals surface area contributed by atoms with Crippen LogP contribution in [-0.4, -0.2) is 80.2 Å². The van der Waals surface area contributed by atoms with E-state index in [-0.39, 0.29) is 25.5 Å². The molecule has 0 aromatic heterocycles. The second-order valence-corrected chi connectivity index (χ2v) is 12.1. The Balaban J connectivity index is 0.000000484. The van der Waals surface area contributed by atoms with Crippen LogP contribution in [0.3, 0.4) is 0 Å². The number of anilines is 1. The number of amides is 1. The summed E-state index contributed by atoms with van der Waals surface area (Å²) in [4.78, 5) is 38.4. The first-order chi connectivity index (χ1) is 21.2. The zero-order chi connectivity index (χ0) is 34.0. The number of esters is 1. The van der Waals surface area contributed by atoms with Gasteiger partial charge >= 0.3 is 12.1 Å². The van der Waals surface area contributed by atoms with Crippen LogP contribution >= 0.6 is 0 Å². The zero-order valence-electron chi connectivity index (χ0n) is 28.5. The molecule has 0 N–H and O–H groups in total. The summed E-state index contributed by atoms with van der Waals surface area (Å²) in [5.74, 6) is -0.553. The second-order valence-electron chi connectivity index (χ2n) is 12.1. The van der Waals surface area contributed by atoms with Gasteiger partial charge in [0.05, 0.1) is 13.2 Å². The fourth-order valence-electron chi connectivity index (χ4n) is 4.31. The van der Waals surface area contributed by atoms with Crippen LogP contribution < -0.4 is 4.90 Å². The van der Waals surface area contributed by atoms with E-state index in [9.17, 15) is 18.8 Å². The Kier molecular flexibility index (Phi) is 17.2. The van der Waals surface area contributed by atoms with Gasteiger partial charge in [0.25, 0.3) is 6.47 Å². The number of morpholine rings is 1. The number of hydrogen-bond donors (Lipinski definition) is 0. The molecule has 3 rings (SSSR count). The van der Waals surface area contributed by atoms with E-state index in [1.807, 2.05) is 96.1 Å². The summed E-state index contributed by atoms with van der Waals surface area (Å²) in [6, 6.07) is 17.1. The van der Waals surface area contributed by atoms with Crippen molar-refractivity contribution in [2.75, 3.05) is 38.3 Å². The van der Waals surface area contributed by atoms with Crippen LogP contribution in [0, 0.1) is 0 Å². The third-order valence-corrected chi connectivity index (χ3v) is 6.56. The lowest BCUT2D eigenvalue weighted by Crippen LogP contribution is -2.41. The van der Waals surface area contributed by atoms with E-state index in [1.165, 1.54) is 18.7 Å². The number of ether oxygens (including phenoxy) is 4. The quantitative estimate of drug-likeness (QED) is 0.152. The van der Waals surface area contributed by atoms with Gasteiger partial charge in [-0.25, -0.2) is 14.0 Å². The van der Waals surface area contributed by atoms with E-state index in [0.717, 1.165) is 43.1 Å². The Labute approximate surface area is 269 Å². The van der Waals surface area contributed by atoms with E-state index in [2.05, 4.69) is 4.90 Å². The highest BCUT2D eigenvalue weighted by molar-refractivity contribution is 5.76. The standard InChI is InChI=1S/C21H23NO5.C12H24FNO2.C2H6/c23-16-27-20(21(24)26-15-18-4-2-1-3-5-18)14-17-6-8-19(9-7-17)22-10-12-25-13-11-22;1-9(8-12(5,6)13)14(7)10(15)16-11(2,3)4;1-2/h1-9,16,20H,10-15H2;9H,8H2,1-7H3;1-2H3. The van der Waals surface area contributed by atoms with Gasteiger partial charge in [0.15, 0.2) is 0 Å². The average Bonchev–Trinajstić information content (AvgIpc) is 3.00. The summed E-state index contributed by atoms with van der Waals surface area (Å²) in [5.41, 5.74) is 1.09. The summed E-state index contributed by atoms with van der Waals surface area (Å²) in [7, 11) is 1.63. The van der Waals surface area contributed by atoms with Crippen molar-refractivity contribution in [2.45, 2.75) is 98.3 Å². The highest BCUT2D eigenvalue weighted by Crippen LogP contribution is 2.21. The molecular formula is C35H53FN2O7. The normalized spacial score (nSPS) is 14.3. The first-order valence-corrected chi connectivity index (χ1v) is 15.5. The third kappa shape index (κ3) is 16.3. The van der Waals surface area contributed by atoms with Crippen LogP contribution in [0.4, 0.5) is 14.9 Å². The molecule has 1 heterocycles. The molecule has 252 valence electrons. The van der Waals surface area contributed by atoms with Crippen molar-refractivity contribution in [3.8, 4) is 0 Å². The van der Waals surface area contributed by atoms with Crippen LogP contribution in [0.1, 0.15) is 72.9 Å². The van der Waals surface area contributed by atoms with Crippen molar-refractivity contribution < 1.29 is 37.7 Å². The van der Waals surface area contributed by atoms with Gasteiger partial charge < -0.3 is 28.7 Å². The molecular weight excluding hydrogens is 579 g/mol. The Bertz CT molecular complexity index is 1130. The van der Waals surface area contributed by atoms with Crippen molar-refractivity contribution in [1.29, 1.82) is 0 Å². The predicted octanol–water partition coefficient (Wildman–Crippen LogP) is 6.76. The highest BCUT2D eigenvalue weighted by Gasteiger charge is 2.27. The molecule has 2 aromatic rings. The van der Waals surface area contributed by atoms with Gasteiger partial charge in [-0.2, -0.15) is 0 Å².